The Balaban J connectivity index is 1.52. The Morgan fingerprint density at radius 2 is 2.00 bits per heavy atom. The third kappa shape index (κ3) is 3.99. The third-order valence-corrected chi connectivity index (χ3v) is 5.25. The lowest BCUT2D eigenvalue weighted by molar-refractivity contribution is 0.0539. The maximum absolute atomic E-state index is 13.0. The lowest BCUT2D eigenvalue weighted by Crippen LogP contribution is -2.37. The molecule has 1 saturated heterocycles. The quantitative estimate of drug-likeness (QED) is 0.695. The number of hydrogen-bond donors (Lipinski definition) is 1. The molecule has 1 fully saturated rings. The van der Waals surface area contributed by atoms with Crippen molar-refractivity contribution < 1.29 is 9.53 Å². The van der Waals surface area contributed by atoms with E-state index in [0.717, 1.165) is 47.4 Å². The number of benzene rings is 2. The van der Waals surface area contributed by atoms with Gasteiger partial charge in [-0.2, -0.15) is 0 Å². The summed E-state index contributed by atoms with van der Waals surface area (Å²) in [5.74, 6) is 0.0638. The molecule has 0 bridgehead atoms. The van der Waals surface area contributed by atoms with Gasteiger partial charge in [-0.25, -0.2) is 4.98 Å². The van der Waals surface area contributed by atoms with Crippen LogP contribution in [0.3, 0.4) is 0 Å². The molecule has 28 heavy (non-hydrogen) atoms. The standard InChI is InChI=1S/C23H25N3O2/c1-2-26(15-21-7-4-12-28-21)23(27)20-6-3-5-19(13-20)17-8-10-18(11-9-17)22-14-24-16-25-22/h3,5-6,8-11,13-14,16,21H,2,4,7,12,15H2,1H3,(H,24,25)/t21-/m0/s1. The van der Waals surface area contributed by atoms with Crippen LogP contribution in [0.4, 0.5) is 0 Å². The minimum Gasteiger partial charge on any atom is -0.376 e. The minimum absolute atomic E-state index is 0.0638. The molecule has 1 aliphatic heterocycles. The van der Waals surface area contributed by atoms with Gasteiger partial charge in [0, 0.05) is 25.3 Å². The molecule has 0 saturated carbocycles. The average Bonchev–Trinajstić information content (AvgIpc) is 3.46. The van der Waals surface area contributed by atoms with E-state index >= 15 is 0 Å². The van der Waals surface area contributed by atoms with Crippen molar-refractivity contribution in [2.24, 2.45) is 0 Å². The number of imidazole rings is 1. The first-order chi connectivity index (χ1) is 13.7. The smallest absolute Gasteiger partial charge is 0.253 e. The number of rotatable bonds is 6. The number of carbonyl (C=O) groups excluding carboxylic acids is 1. The number of likely N-dealkylation sites (N-methyl/N-ethyl adjacent to an activating group) is 1. The molecule has 2 heterocycles. The minimum atomic E-state index is 0.0638. The SMILES string of the molecule is CCN(C[C@@H]1CCCO1)C(=O)c1cccc(-c2ccc(-c3cnc[nH]3)cc2)c1. The largest absolute Gasteiger partial charge is 0.376 e. The van der Waals surface area contributed by atoms with Crippen molar-refractivity contribution in [3.63, 3.8) is 0 Å². The van der Waals surface area contributed by atoms with Crippen LogP contribution in [0.2, 0.25) is 0 Å². The first kappa shape index (κ1) is 18.4. The van der Waals surface area contributed by atoms with Crippen molar-refractivity contribution in [2.75, 3.05) is 19.7 Å². The van der Waals surface area contributed by atoms with E-state index in [9.17, 15) is 4.79 Å². The molecular weight excluding hydrogens is 350 g/mol. The topological polar surface area (TPSA) is 58.2 Å². The lowest BCUT2D eigenvalue weighted by atomic mass is 10.0. The van der Waals surface area contributed by atoms with Crippen LogP contribution in [0.25, 0.3) is 22.4 Å². The molecule has 1 aliphatic rings. The predicted molar refractivity (Wildman–Crippen MR) is 110 cm³/mol. The maximum Gasteiger partial charge on any atom is 0.253 e. The van der Waals surface area contributed by atoms with Crippen LogP contribution in [-0.4, -0.2) is 46.6 Å². The first-order valence-corrected chi connectivity index (χ1v) is 9.84. The van der Waals surface area contributed by atoms with E-state index in [2.05, 4.69) is 34.2 Å². The van der Waals surface area contributed by atoms with Gasteiger partial charge in [0.25, 0.3) is 5.91 Å². The van der Waals surface area contributed by atoms with Gasteiger partial charge in [-0.1, -0.05) is 36.4 Å². The fourth-order valence-electron chi connectivity index (χ4n) is 3.66. The molecule has 3 aromatic rings. The second-order valence-electron chi connectivity index (χ2n) is 7.10. The molecule has 0 spiro atoms. The van der Waals surface area contributed by atoms with Gasteiger partial charge in [-0.3, -0.25) is 4.79 Å². The Hall–Kier alpha value is -2.92. The van der Waals surface area contributed by atoms with E-state index in [4.69, 9.17) is 4.74 Å². The Morgan fingerprint density at radius 3 is 2.68 bits per heavy atom. The van der Waals surface area contributed by atoms with Crippen molar-refractivity contribution in [3.05, 3.63) is 66.6 Å². The van der Waals surface area contributed by atoms with Gasteiger partial charge < -0.3 is 14.6 Å². The van der Waals surface area contributed by atoms with E-state index in [0.29, 0.717) is 13.1 Å². The third-order valence-electron chi connectivity index (χ3n) is 5.25. The number of H-pyrrole nitrogens is 1. The van der Waals surface area contributed by atoms with Gasteiger partial charge in [-0.15, -0.1) is 0 Å². The summed E-state index contributed by atoms with van der Waals surface area (Å²) in [7, 11) is 0. The first-order valence-electron chi connectivity index (χ1n) is 9.84. The van der Waals surface area contributed by atoms with E-state index in [1.54, 1.807) is 6.33 Å². The number of nitrogens with one attached hydrogen (secondary N) is 1. The number of amides is 1. The van der Waals surface area contributed by atoms with Crippen LogP contribution in [0.1, 0.15) is 30.1 Å². The van der Waals surface area contributed by atoms with Crippen molar-refractivity contribution in [1.29, 1.82) is 0 Å². The fraction of sp³-hybridized carbons (Fsp3) is 0.304. The number of ether oxygens (including phenoxy) is 1. The molecule has 0 radical (unpaired) electrons. The average molecular weight is 375 g/mol. The van der Waals surface area contributed by atoms with Crippen LogP contribution in [0, 0.1) is 0 Å². The monoisotopic (exact) mass is 375 g/mol. The van der Waals surface area contributed by atoms with Crippen LogP contribution in [0.15, 0.2) is 61.1 Å². The van der Waals surface area contributed by atoms with Gasteiger partial charge in [0.2, 0.25) is 0 Å². The van der Waals surface area contributed by atoms with Crippen LogP contribution in [-0.2, 0) is 4.74 Å². The van der Waals surface area contributed by atoms with Crippen LogP contribution < -0.4 is 0 Å². The fourth-order valence-corrected chi connectivity index (χ4v) is 3.66. The molecule has 1 N–H and O–H groups in total. The molecule has 1 aromatic heterocycles. The van der Waals surface area contributed by atoms with Gasteiger partial charge in [-0.05, 0) is 48.6 Å². The number of carbonyl (C=O) groups is 1. The number of aromatic nitrogens is 2. The summed E-state index contributed by atoms with van der Waals surface area (Å²) in [5, 5.41) is 0. The van der Waals surface area contributed by atoms with Gasteiger partial charge in [0.05, 0.1) is 24.3 Å². The summed E-state index contributed by atoms with van der Waals surface area (Å²) in [6, 6.07) is 16.1. The molecule has 2 aromatic carbocycles. The summed E-state index contributed by atoms with van der Waals surface area (Å²) in [6.07, 6.45) is 5.77. The normalized spacial score (nSPS) is 16.2. The highest BCUT2D eigenvalue weighted by Crippen LogP contribution is 2.25. The Bertz CT molecular complexity index is 913. The zero-order valence-corrected chi connectivity index (χ0v) is 16.1. The van der Waals surface area contributed by atoms with E-state index in [-0.39, 0.29) is 12.0 Å². The summed E-state index contributed by atoms with van der Waals surface area (Å²) in [5.41, 5.74) is 4.91. The second kappa shape index (κ2) is 8.40. The summed E-state index contributed by atoms with van der Waals surface area (Å²) >= 11 is 0. The molecular formula is C23H25N3O2. The van der Waals surface area contributed by atoms with E-state index in [1.807, 2.05) is 42.3 Å². The summed E-state index contributed by atoms with van der Waals surface area (Å²) < 4.78 is 5.71. The molecule has 4 rings (SSSR count). The molecule has 0 aliphatic carbocycles. The van der Waals surface area contributed by atoms with E-state index in [1.165, 1.54) is 0 Å². The molecule has 0 unspecified atom stereocenters. The number of hydrogen-bond acceptors (Lipinski definition) is 3. The van der Waals surface area contributed by atoms with Gasteiger partial charge in [0.1, 0.15) is 0 Å². The summed E-state index contributed by atoms with van der Waals surface area (Å²) in [6.45, 7) is 4.17. The molecule has 5 nitrogen and oxygen atoms in total. The van der Waals surface area contributed by atoms with Gasteiger partial charge >= 0.3 is 0 Å². The highest BCUT2D eigenvalue weighted by molar-refractivity contribution is 5.95. The van der Waals surface area contributed by atoms with E-state index < -0.39 is 0 Å². The van der Waals surface area contributed by atoms with Crippen molar-refractivity contribution in [1.82, 2.24) is 14.9 Å². The molecule has 1 atom stereocenters. The Kier molecular flexibility index (Phi) is 5.53. The zero-order valence-electron chi connectivity index (χ0n) is 16.1. The van der Waals surface area contributed by atoms with Crippen LogP contribution >= 0.6 is 0 Å². The lowest BCUT2D eigenvalue weighted by Gasteiger charge is -2.24. The van der Waals surface area contributed by atoms with Crippen molar-refractivity contribution >= 4 is 5.91 Å². The van der Waals surface area contributed by atoms with Gasteiger partial charge in [0.15, 0.2) is 0 Å². The number of nitrogens with zero attached hydrogens (tertiary/aromatic N) is 2. The summed E-state index contributed by atoms with van der Waals surface area (Å²) in [4.78, 5) is 22.1. The van der Waals surface area contributed by atoms with Crippen molar-refractivity contribution in [3.8, 4) is 22.4 Å². The maximum atomic E-state index is 13.0. The van der Waals surface area contributed by atoms with Crippen molar-refractivity contribution in [2.45, 2.75) is 25.9 Å². The highest BCUT2D eigenvalue weighted by Gasteiger charge is 2.22. The van der Waals surface area contributed by atoms with Crippen LogP contribution in [0.5, 0.6) is 0 Å². The predicted octanol–water partition coefficient (Wildman–Crippen LogP) is 4.38. The Labute approximate surface area is 165 Å². The highest BCUT2D eigenvalue weighted by atomic mass is 16.5. The number of aromatic amines is 1. The molecule has 1 amide bonds. The Morgan fingerprint density at radius 1 is 1.18 bits per heavy atom. The molecule has 144 valence electrons. The second-order valence-corrected chi connectivity index (χ2v) is 7.10. The zero-order chi connectivity index (χ0) is 19.3. The molecule has 5 heteroatoms.